The van der Waals surface area contributed by atoms with Gasteiger partial charge in [0.15, 0.2) is 0 Å². The van der Waals surface area contributed by atoms with Crippen LogP contribution in [0.2, 0.25) is 0 Å². The highest BCUT2D eigenvalue weighted by Crippen LogP contribution is 2.25. The number of amides is 2. The number of benzene rings is 1. The first-order valence-electron chi connectivity index (χ1n) is 7.13. The molecule has 0 radical (unpaired) electrons. The van der Waals surface area contributed by atoms with Crippen molar-refractivity contribution in [3.05, 3.63) is 29.3 Å². The molecule has 0 unspecified atom stereocenters. The number of carbonyl (C=O) groups excluding carboxylic acids is 1. The highest BCUT2D eigenvalue weighted by molar-refractivity contribution is 5.73. The lowest BCUT2D eigenvalue weighted by Crippen LogP contribution is -2.37. The standard InChI is InChI=1S/C15H20N2O4/c18-14(19)2-1-7-16-15(20)17-8-5-11-3-4-13-12(10-11)6-9-21-13/h3-4,10H,1-2,5-9H2,(H,18,19)(H2,16,17,20). The highest BCUT2D eigenvalue weighted by Gasteiger charge is 2.11. The average Bonchev–Trinajstić information content (AvgIpc) is 2.91. The van der Waals surface area contributed by atoms with E-state index in [1.54, 1.807) is 0 Å². The second-order valence-electron chi connectivity index (χ2n) is 4.97. The van der Waals surface area contributed by atoms with Gasteiger partial charge in [0, 0.05) is 25.9 Å². The first-order valence-corrected chi connectivity index (χ1v) is 7.13. The van der Waals surface area contributed by atoms with Crippen LogP contribution in [0.5, 0.6) is 5.75 Å². The van der Waals surface area contributed by atoms with Crippen LogP contribution in [0.1, 0.15) is 24.0 Å². The molecule has 1 aliphatic rings. The molecule has 6 heteroatoms. The molecule has 0 fully saturated rings. The van der Waals surface area contributed by atoms with Gasteiger partial charge in [-0.15, -0.1) is 0 Å². The van der Waals surface area contributed by atoms with Crippen molar-refractivity contribution >= 4 is 12.0 Å². The van der Waals surface area contributed by atoms with Gasteiger partial charge in [-0.3, -0.25) is 4.79 Å². The minimum atomic E-state index is -0.849. The van der Waals surface area contributed by atoms with Gasteiger partial charge in [0.1, 0.15) is 5.75 Å². The second-order valence-corrected chi connectivity index (χ2v) is 4.97. The molecule has 0 bridgehead atoms. The van der Waals surface area contributed by atoms with E-state index >= 15 is 0 Å². The Kier molecular flexibility index (Phi) is 5.43. The summed E-state index contributed by atoms with van der Waals surface area (Å²) < 4.78 is 5.45. The van der Waals surface area contributed by atoms with Crippen LogP contribution in [0, 0.1) is 0 Å². The molecule has 0 spiro atoms. The summed E-state index contributed by atoms with van der Waals surface area (Å²) in [7, 11) is 0. The maximum atomic E-state index is 11.5. The van der Waals surface area contributed by atoms with Crippen LogP contribution >= 0.6 is 0 Å². The number of hydrogen-bond donors (Lipinski definition) is 3. The topological polar surface area (TPSA) is 87.7 Å². The predicted octanol–water partition coefficient (Wildman–Crippen LogP) is 1.33. The van der Waals surface area contributed by atoms with E-state index in [1.807, 2.05) is 12.1 Å². The fourth-order valence-corrected chi connectivity index (χ4v) is 2.22. The van der Waals surface area contributed by atoms with E-state index < -0.39 is 5.97 Å². The molecular weight excluding hydrogens is 272 g/mol. The molecule has 0 saturated heterocycles. The lowest BCUT2D eigenvalue weighted by atomic mass is 10.1. The zero-order valence-electron chi connectivity index (χ0n) is 11.9. The molecule has 21 heavy (non-hydrogen) atoms. The van der Waals surface area contributed by atoms with Crippen LogP contribution in [-0.2, 0) is 17.6 Å². The molecule has 1 aromatic rings. The molecule has 1 aliphatic heterocycles. The maximum absolute atomic E-state index is 11.5. The average molecular weight is 292 g/mol. The summed E-state index contributed by atoms with van der Waals surface area (Å²) in [6.45, 7) is 1.66. The van der Waals surface area contributed by atoms with E-state index in [2.05, 4.69) is 16.7 Å². The van der Waals surface area contributed by atoms with E-state index in [0.29, 0.717) is 19.5 Å². The normalized spacial score (nSPS) is 12.4. The van der Waals surface area contributed by atoms with Gasteiger partial charge in [-0.05, 0) is 30.0 Å². The Morgan fingerprint density at radius 3 is 2.86 bits per heavy atom. The molecule has 1 heterocycles. The molecular formula is C15H20N2O4. The Morgan fingerprint density at radius 2 is 2.05 bits per heavy atom. The minimum Gasteiger partial charge on any atom is -0.493 e. The van der Waals surface area contributed by atoms with E-state index in [0.717, 1.165) is 25.2 Å². The zero-order chi connectivity index (χ0) is 15.1. The molecule has 3 N–H and O–H groups in total. The van der Waals surface area contributed by atoms with Gasteiger partial charge in [-0.2, -0.15) is 0 Å². The zero-order valence-corrected chi connectivity index (χ0v) is 11.9. The van der Waals surface area contributed by atoms with Crippen LogP contribution in [0.4, 0.5) is 4.79 Å². The number of carboxylic acid groups (broad SMARTS) is 1. The van der Waals surface area contributed by atoms with E-state index in [1.165, 1.54) is 11.1 Å². The summed E-state index contributed by atoms with van der Waals surface area (Å²) in [6, 6.07) is 5.85. The third-order valence-corrected chi connectivity index (χ3v) is 3.31. The summed E-state index contributed by atoms with van der Waals surface area (Å²) in [5.74, 6) is 0.112. The minimum absolute atomic E-state index is 0.0669. The van der Waals surface area contributed by atoms with Crippen molar-refractivity contribution in [1.82, 2.24) is 10.6 Å². The lowest BCUT2D eigenvalue weighted by molar-refractivity contribution is -0.137. The fourth-order valence-electron chi connectivity index (χ4n) is 2.22. The maximum Gasteiger partial charge on any atom is 0.314 e. The van der Waals surface area contributed by atoms with Gasteiger partial charge in [-0.1, -0.05) is 12.1 Å². The number of carbonyl (C=O) groups is 2. The van der Waals surface area contributed by atoms with Gasteiger partial charge in [0.05, 0.1) is 6.61 Å². The summed E-state index contributed by atoms with van der Waals surface area (Å²) in [6.07, 6.45) is 2.21. The van der Waals surface area contributed by atoms with Gasteiger partial charge in [-0.25, -0.2) is 4.79 Å². The predicted molar refractivity (Wildman–Crippen MR) is 77.6 cm³/mol. The third kappa shape index (κ3) is 4.98. The smallest absolute Gasteiger partial charge is 0.314 e. The summed E-state index contributed by atoms with van der Waals surface area (Å²) in [4.78, 5) is 21.8. The van der Waals surface area contributed by atoms with E-state index in [9.17, 15) is 9.59 Å². The first kappa shape index (κ1) is 15.2. The Balaban J connectivity index is 1.62. The van der Waals surface area contributed by atoms with Crippen LogP contribution < -0.4 is 15.4 Å². The summed E-state index contributed by atoms with van der Waals surface area (Å²) >= 11 is 0. The van der Waals surface area contributed by atoms with Crippen molar-refractivity contribution in [3.8, 4) is 5.75 Å². The van der Waals surface area contributed by atoms with E-state index in [-0.39, 0.29) is 12.5 Å². The molecule has 114 valence electrons. The molecule has 2 amide bonds. The Labute approximate surface area is 123 Å². The van der Waals surface area contributed by atoms with Crippen LogP contribution in [0.25, 0.3) is 0 Å². The molecule has 2 rings (SSSR count). The monoisotopic (exact) mass is 292 g/mol. The van der Waals surface area contributed by atoms with Crippen LogP contribution in [0.3, 0.4) is 0 Å². The molecule has 1 aromatic carbocycles. The van der Waals surface area contributed by atoms with Crippen molar-refractivity contribution in [3.63, 3.8) is 0 Å². The van der Waals surface area contributed by atoms with E-state index in [4.69, 9.17) is 9.84 Å². The van der Waals surface area contributed by atoms with Crippen molar-refractivity contribution < 1.29 is 19.4 Å². The number of aliphatic carboxylic acids is 1. The second kappa shape index (κ2) is 7.52. The van der Waals surface area contributed by atoms with Crippen LogP contribution in [-0.4, -0.2) is 36.8 Å². The largest absolute Gasteiger partial charge is 0.493 e. The Morgan fingerprint density at radius 1 is 1.24 bits per heavy atom. The first-order chi connectivity index (χ1) is 10.1. The van der Waals surface area contributed by atoms with Gasteiger partial charge in [0.2, 0.25) is 0 Å². The fraction of sp³-hybridized carbons (Fsp3) is 0.467. The highest BCUT2D eigenvalue weighted by atomic mass is 16.5. The lowest BCUT2D eigenvalue weighted by Gasteiger charge is -2.08. The van der Waals surface area contributed by atoms with Crippen molar-refractivity contribution in [1.29, 1.82) is 0 Å². The quantitative estimate of drug-likeness (QED) is 0.662. The number of hydrogen-bond acceptors (Lipinski definition) is 3. The van der Waals surface area contributed by atoms with Gasteiger partial charge < -0.3 is 20.5 Å². The molecule has 6 nitrogen and oxygen atoms in total. The SMILES string of the molecule is O=C(O)CCCNC(=O)NCCc1ccc2c(c1)CCO2. The molecule has 0 aromatic heterocycles. The molecule has 0 atom stereocenters. The molecule has 0 aliphatic carbocycles. The third-order valence-electron chi connectivity index (χ3n) is 3.31. The van der Waals surface area contributed by atoms with Gasteiger partial charge in [0.25, 0.3) is 0 Å². The number of fused-ring (bicyclic) bond motifs is 1. The van der Waals surface area contributed by atoms with Gasteiger partial charge >= 0.3 is 12.0 Å². The van der Waals surface area contributed by atoms with Crippen LogP contribution in [0.15, 0.2) is 18.2 Å². The summed E-state index contributed by atoms with van der Waals surface area (Å²) in [5, 5.41) is 13.9. The summed E-state index contributed by atoms with van der Waals surface area (Å²) in [5.41, 5.74) is 2.40. The molecule has 0 saturated carbocycles. The number of ether oxygens (including phenoxy) is 1. The number of carboxylic acids is 1. The number of urea groups is 1. The van der Waals surface area contributed by atoms with Crippen molar-refractivity contribution in [2.45, 2.75) is 25.7 Å². The van der Waals surface area contributed by atoms with Crippen molar-refractivity contribution in [2.24, 2.45) is 0 Å². The van der Waals surface area contributed by atoms with Crippen molar-refractivity contribution in [2.75, 3.05) is 19.7 Å². The Hall–Kier alpha value is -2.24. The number of nitrogens with one attached hydrogen (secondary N) is 2. The number of rotatable bonds is 7. The Bertz CT molecular complexity index is 516.